The molecule has 2 aromatic rings. The lowest BCUT2D eigenvalue weighted by atomic mass is 10.1. The zero-order valence-electron chi connectivity index (χ0n) is 21.4. The first kappa shape index (κ1) is 29.0. The van der Waals surface area contributed by atoms with Gasteiger partial charge < -0.3 is 28.4 Å². The first-order valence-electron chi connectivity index (χ1n) is 11.5. The van der Waals surface area contributed by atoms with E-state index < -0.39 is 17.9 Å². The molecule has 0 heterocycles. The van der Waals surface area contributed by atoms with Crippen LogP contribution in [0.5, 0.6) is 17.2 Å². The molecule has 9 heteroatoms. The van der Waals surface area contributed by atoms with E-state index in [0.717, 1.165) is 5.39 Å². The second-order valence-electron chi connectivity index (χ2n) is 8.04. The Bertz CT molecular complexity index is 1180. The lowest BCUT2D eigenvalue weighted by molar-refractivity contribution is -0.140. The molecule has 0 amide bonds. The van der Waals surface area contributed by atoms with Crippen LogP contribution in [0.15, 0.2) is 66.8 Å². The molecule has 0 aliphatic rings. The van der Waals surface area contributed by atoms with Crippen LogP contribution in [-0.2, 0) is 28.6 Å². The number of hydrogen-bond donors (Lipinski definition) is 0. The minimum atomic E-state index is -0.522. The van der Waals surface area contributed by atoms with E-state index in [9.17, 15) is 14.4 Å². The van der Waals surface area contributed by atoms with E-state index in [-0.39, 0.29) is 50.8 Å². The number of benzene rings is 2. The summed E-state index contributed by atoms with van der Waals surface area (Å²) < 4.78 is 33.0. The zero-order valence-corrected chi connectivity index (χ0v) is 21.4. The number of fused-ring (bicyclic) bond motifs is 1. The molecule has 0 aliphatic carbocycles. The molecule has 2 aromatic carbocycles. The van der Waals surface area contributed by atoms with Crippen molar-refractivity contribution < 1.29 is 42.8 Å². The molecule has 0 saturated carbocycles. The molecular formula is C28H32O9. The average molecular weight is 513 g/mol. The van der Waals surface area contributed by atoms with Crippen LogP contribution in [0.2, 0.25) is 0 Å². The SMILES string of the molecule is C=C(C)C(=O)OCCOc1cc(OCCOC(=O)C(=C)C)c2ccccc2c1OCCOC(=O)C(=C)C. The van der Waals surface area contributed by atoms with E-state index in [0.29, 0.717) is 28.2 Å². The third-order valence-corrected chi connectivity index (χ3v) is 4.68. The lowest BCUT2D eigenvalue weighted by Gasteiger charge is -2.18. The number of carbonyl (C=O) groups is 3. The second-order valence-corrected chi connectivity index (χ2v) is 8.04. The molecule has 0 atom stereocenters. The summed E-state index contributed by atoms with van der Waals surface area (Å²) in [5.74, 6) is -0.346. The summed E-state index contributed by atoms with van der Waals surface area (Å²) in [6.45, 7) is 15.5. The van der Waals surface area contributed by atoms with E-state index in [1.165, 1.54) is 0 Å². The highest BCUT2D eigenvalue weighted by molar-refractivity contribution is 5.95. The first-order chi connectivity index (χ1) is 17.6. The monoisotopic (exact) mass is 512 g/mol. The van der Waals surface area contributed by atoms with Crippen LogP contribution >= 0.6 is 0 Å². The Hall–Kier alpha value is -4.27. The van der Waals surface area contributed by atoms with Gasteiger partial charge in [-0.25, -0.2) is 14.4 Å². The maximum atomic E-state index is 11.7. The molecule has 0 N–H and O–H groups in total. The van der Waals surface area contributed by atoms with Crippen molar-refractivity contribution in [2.24, 2.45) is 0 Å². The average Bonchev–Trinajstić information content (AvgIpc) is 2.87. The molecule has 0 aromatic heterocycles. The highest BCUT2D eigenvalue weighted by Gasteiger charge is 2.17. The zero-order chi connectivity index (χ0) is 27.4. The third-order valence-electron chi connectivity index (χ3n) is 4.68. The molecule has 0 aliphatic heterocycles. The molecule has 0 spiro atoms. The Kier molecular flexibility index (Phi) is 11.2. The van der Waals surface area contributed by atoms with Crippen LogP contribution in [0.25, 0.3) is 10.8 Å². The largest absolute Gasteiger partial charge is 0.489 e. The van der Waals surface area contributed by atoms with Crippen LogP contribution in [0.4, 0.5) is 0 Å². The van der Waals surface area contributed by atoms with Crippen molar-refractivity contribution in [3.05, 3.63) is 66.8 Å². The van der Waals surface area contributed by atoms with Gasteiger partial charge in [0.15, 0.2) is 11.5 Å². The van der Waals surface area contributed by atoms with E-state index in [2.05, 4.69) is 19.7 Å². The van der Waals surface area contributed by atoms with Crippen molar-refractivity contribution in [1.82, 2.24) is 0 Å². The van der Waals surface area contributed by atoms with Gasteiger partial charge in [0.1, 0.15) is 45.4 Å². The third kappa shape index (κ3) is 9.03. The number of hydrogen-bond acceptors (Lipinski definition) is 9. The summed E-state index contributed by atoms with van der Waals surface area (Å²) in [5.41, 5.74) is 0.861. The summed E-state index contributed by atoms with van der Waals surface area (Å²) in [7, 11) is 0. The standard InChI is InChI=1S/C28H32O9/c1-18(2)26(29)35-14-11-32-23-17-24(33-12-15-36-27(30)19(3)4)25(22-10-8-7-9-21(22)23)34-13-16-37-28(31)20(5)6/h7-10,17H,1,3,5,11-16H2,2,4,6H3. The van der Waals surface area contributed by atoms with Gasteiger partial charge in [-0.15, -0.1) is 0 Å². The predicted molar refractivity (Wildman–Crippen MR) is 138 cm³/mol. The van der Waals surface area contributed by atoms with Crippen molar-refractivity contribution in [3.63, 3.8) is 0 Å². The van der Waals surface area contributed by atoms with E-state index in [1.54, 1.807) is 26.8 Å². The van der Waals surface area contributed by atoms with Crippen LogP contribution < -0.4 is 14.2 Å². The maximum Gasteiger partial charge on any atom is 0.333 e. The van der Waals surface area contributed by atoms with Gasteiger partial charge in [0.05, 0.1) is 0 Å². The Labute approximate surface area is 216 Å². The van der Waals surface area contributed by atoms with Crippen molar-refractivity contribution in [2.75, 3.05) is 39.6 Å². The summed E-state index contributed by atoms with van der Waals surface area (Å²) in [6, 6.07) is 8.97. The molecule has 0 fully saturated rings. The Morgan fingerprint density at radius 3 is 1.46 bits per heavy atom. The van der Waals surface area contributed by atoms with Crippen LogP contribution in [-0.4, -0.2) is 57.5 Å². The highest BCUT2D eigenvalue weighted by Crippen LogP contribution is 2.41. The molecule has 0 bridgehead atoms. The number of rotatable bonds is 15. The van der Waals surface area contributed by atoms with Gasteiger partial charge in [-0.05, 0) is 20.8 Å². The van der Waals surface area contributed by atoms with Gasteiger partial charge in [0, 0.05) is 33.6 Å². The summed E-state index contributed by atoms with van der Waals surface area (Å²) in [4.78, 5) is 34.9. The summed E-state index contributed by atoms with van der Waals surface area (Å²) in [6.07, 6.45) is 0. The van der Waals surface area contributed by atoms with Gasteiger partial charge in [0.2, 0.25) is 0 Å². The molecule has 9 nitrogen and oxygen atoms in total. The fourth-order valence-electron chi connectivity index (χ4n) is 2.89. The molecule has 2 rings (SSSR count). The van der Waals surface area contributed by atoms with Gasteiger partial charge >= 0.3 is 17.9 Å². The molecule has 0 unspecified atom stereocenters. The maximum absolute atomic E-state index is 11.7. The summed E-state index contributed by atoms with van der Waals surface area (Å²) >= 11 is 0. The van der Waals surface area contributed by atoms with E-state index >= 15 is 0 Å². The summed E-state index contributed by atoms with van der Waals surface area (Å²) in [5, 5.41) is 1.41. The number of esters is 3. The Morgan fingerprint density at radius 2 is 1.00 bits per heavy atom. The van der Waals surface area contributed by atoms with Gasteiger partial charge in [-0.3, -0.25) is 0 Å². The fourth-order valence-corrected chi connectivity index (χ4v) is 2.89. The molecule has 0 radical (unpaired) electrons. The topological polar surface area (TPSA) is 107 Å². The molecule has 0 saturated heterocycles. The quantitative estimate of drug-likeness (QED) is 0.149. The van der Waals surface area contributed by atoms with Crippen LogP contribution in [0, 0.1) is 0 Å². The smallest absolute Gasteiger partial charge is 0.333 e. The second kappa shape index (κ2) is 14.3. The minimum absolute atomic E-state index is 0.00201. The van der Waals surface area contributed by atoms with Crippen LogP contribution in [0.3, 0.4) is 0 Å². The van der Waals surface area contributed by atoms with E-state index in [4.69, 9.17) is 28.4 Å². The normalized spacial score (nSPS) is 10.2. The van der Waals surface area contributed by atoms with Gasteiger partial charge in [-0.1, -0.05) is 44.0 Å². The van der Waals surface area contributed by atoms with E-state index in [1.807, 2.05) is 24.3 Å². The van der Waals surface area contributed by atoms with Crippen molar-refractivity contribution in [1.29, 1.82) is 0 Å². The molecule has 198 valence electrons. The minimum Gasteiger partial charge on any atom is -0.489 e. The van der Waals surface area contributed by atoms with Gasteiger partial charge in [-0.2, -0.15) is 0 Å². The van der Waals surface area contributed by atoms with Crippen LogP contribution in [0.1, 0.15) is 20.8 Å². The number of ether oxygens (including phenoxy) is 6. The molecular weight excluding hydrogens is 480 g/mol. The lowest BCUT2D eigenvalue weighted by Crippen LogP contribution is -2.15. The van der Waals surface area contributed by atoms with Gasteiger partial charge in [0.25, 0.3) is 0 Å². The number of carbonyl (C=O) groups excluding carboxylic acids is 3. The van der Waals surface area contributed by atoms with Crippen molar-refractivity contribution in [2.45, 2.75) is 20.8 Å². The van der Waals surface area contributed by atoms with Crippen molar-refractivity contribution >= 4 is 28.7 Å². The van der Waals surface area contributed by atoms with Crippen molar-refractivity contribution in [3.8, 4) is 17.2 Å². The highest BCUT2D eigenvalue weighted by atomic mass is 16.6. The molecule has 37 heavy (non-hydrogen) atoms. The first-order valence-corrected chi connectivity index (χ1v) is 11.5. The Balaban J connectivity index is 2.23. The predicted octanol–water partition coefficient (Wildman–Crippen LogP) is 4.33. The fraction of sp³-hybridized carbons (Fsp3) is 0.321. The Morgan fingerprint density at radius 1 is 0.595 bits per heavy atom.